The maximum atomic E-state index is 13.9. The van der Waals surface area contributed by atoms with Crippen LogP contribution in [0.3, 0.4) is 0 Å². The van der Waals surface area contributed by atoms with Gasteiger partial charge in [0.05, 0.1) is 18.8 Å². The fourth-order valence-electron chi connectivity index (χ4n) is 3.59. The van der Waals surface area contributed by atoms with Crippen molar-refractivity contribution < 1.29 is 13.9 Å². The maximum Gasteiger partial charge on any atom is 0.244 e. The third-order valence-corrected chi connectivity index (χ3v) is 5.20. The first kappa shape index (κ1) is 20.2. The number of morpholine rings is 1. The molecule has 0 saturated carbocycles. The van der Waals surface area contributed by atoms with E-state index >= 15 is 0 Å². The average molecular weight is 409 g/mol. The Bertz CT molecular complexity index is 1030. The summed E-state index contributed by atoms with van der Waals surface area (Å²) in [6, 6.07) is 10.6. The van der Waals surface area contributed by atoms with Gasteiger partial charge in [-0.3, -0.25) is 9.78 Å². The molecule has 3 aromatic rings. The minimum Gasteiger partial charge on any atom is -0.368 e. The summed E-state index contributed by atoms with van der Waals surface area (Å²) in [5, 5.41) is 4.26. The Morgan fingerprint density at radius 2 is 2.07 bits per heavy atom. The first-order valence-corrected chi connectivity index (χ1v) is 9.95. The molecule has 0 unspecified atom stereocenters. The van der Waals surface area contributed by atoms with Gasteiger partial charge in [-0.1, -0.05) is 24.3 Å². The van der Waals surface area contributed by atoms with Gasteiger partial charge in [0.1, 0.15) is 30.1 Å². The Kier molecular flexibility index (Phi) is 5.85. The molecule has 0 bridgehead atoms. The van der Waals surface area contributed by atoms with E-state index in [0.29, 0.717) is 37.5 Å². The maximum absolute atomic E-state index is 13.9. The van der Waals surface area contributed by atoms with Crippen LogP contribution in [0.5, 0.6) is 0 Å². The topological polar surface area (TPSA) is 73.1 Å². The number of pyridine rings is 1. The molecule has 1 saturated heterocycles. The molecule has 0 N–H and O–H groups in total. The van der Waals surface area contributed by atoms with Gasteiger partial charge >= 0.3 is 0 Å². The summed E-state index contributed by atoms with van der Waals surface area (Å²) in [4.78, 5) is 23.2. The second kappa shape index (κ2) is 8.71. The van der Waals surface area contributed by atoms with Gasteiger partial charge in [-0.2, -0.15) is 5.10 Å². The number of aromatic nitrogens is 4. The number of aryl methyl sites for hydroxylation is 2. The van der Waals surface area contributed by atoms with Crippen LogP contribution in [0.15, 0.2) is 42.6 Å². The average Bonchev–Trinajstić information content (AvgIpc) is 3.07. The highest BCUT2D eigenvalue weighted by atomic mass is 19.1. The number of rotatable bonds is 5. The third-order valence-electron chi connectivity index (χ3n) is 5.20. The van der Waals surface area contributed by atoms with Gasteiger partial charge in [-0.25, -0.2) is 14.1 Å². The molecule has 1 atom stereocenters. The van der Waals surface area contributed by atoms with Crippen molar-refractivity contribution in [2.24, 2.45) is 0 Å². The molecule has 0 aliphatic carbocycles. The fraction of sp³-hybridized carbons (Fsp3) is 0.364. The lowest BCUT2D eigenvalue weighted by atomic mass is 10.1. The van der Waals surface area contributed by atoms with Gasteiger partial charge in [-0.15, -0.1) is 0 Å². The smallest absolute Gasteiger partial charge is 0.244 e. The SMILES string of the molecule is Cc1nc(C)n(CC(=O)N2CCO[C@H](c3ccc(Cc4ccccc4F)cn3)C2)n1. The van der Waals surface area contributed by atoms with Crippen molar-refractivity contribution in [1.29, 1.82) is 0 Å². The summed E-state index contributed by atoms with van der Waals surface area (Å²) < 4.78 is 21.3. The lowest BCUT2D eigenvalue weighted by molar-refractivity contribution is -0.140. The largest absolute Gasteiger partial charge is 0.368 e. The van der Waals surface area contributed by atoms with E-state index in [1.165, 1.54) is 6.07 Å². The van der Waals surface area contributed by atoms with Gasteiger partial charge in [0.2, 0.25) is 5.91 Å². The molecular weight excluding hydrogens is 385 g/mol. The zero-order valence-electron chi connectivity index (χ0n) is 17.1. The number of carbonyl (C=O) groups excluding carboxylic acids is 1. The number of amides is 1. The van der Waals surface area contributed by atoms with Gasteiger partial charge in [-0.05, 0) is 37.1 Å². The molecule has 1 fully saturated rings. The molecule has 0 radical (unpaired) electrons. The molecule has 156 valence electrons. The van der Waals surface area contributed by atoms with Crippen LogP contribution in [-0.2, 0) is 22.5 Å². The molecule has 8 heteroatoms. The molecule has 2 aromatic heterocycles. The summed E-state index contributed by atoms with van der Waals surface area (Å²) in [5.41, 5.74) is 2.32. The molecular formula is C22H24FN5O2. The normalized spacial score (nSPS) is 16.6. The number of hydrogen-bond donors (Lipinski definition) is 0. The van der Waals surface area contributed by atoms with Gasteiger partial charge in [0, 0.05) is 19.2 Å². The molecule has 3 heterocycles. The molecule has 0 spiro atoms. The van der Waals surface area contributed by atoms with Crippen molar-refractivity contribution in [2.75, 3.05) is 19.7 Å². The number of hydrogen-bond acceptors (Lipinski definition) is 5. The Morgan fingerprint density at radius 3 is 2.77 bits per heavy atom. The van der Waals surface area contributed by atoms with Crippen molar-refractivity contribution in [3.05, 3.63) is 76.9 Å². The molecule has 1 amide bonds. The predicted molar refractivity (Wildman–Crippen MR) is 108 cm³/mol. The van der Waals surface area contributed by atoms with Gasteiger partial charge in [0.25, 0.3) is 0 Å². The minimum atomic E-state index is -0.288. The van der Waals surface area contributed by atoms with Gasteiger partial charge < -0.3 is 9.64 Å². The predicted octanol–water partition coefficient (Wildman–Crippen LogP) is 2.62. The highest BCUT2D eigenvalue weighted by Crippen LogP contribution is 2.22. The van der Waals surface area contributed by atoms with E-state index in [1.807, 2.05) is 25.1 Å². The van der Waals surface area contributed by atoms with E-state index < -0.39 is 0 Å². The monoisotopic (exact) mass is 409 g/mol. The summed E-state index contributed by atoms with van der Waals surface area (Å²) in [7, 11) is 0. The number of halogens is 1. The first-order chi connectivity index (χ1) is 14.5. The second-order valence-electron chi connectivity index (χ2n) is 7.42. The Morgan fingerprint density at radius 1 is 1.23 bits per heavy atom. The Balaban J connectivity index is 1.40. The van der Waals surface area contributed by atoms with Crippen LogP contribution in [-0.4, -0.2) is 50.3 Å². The van der Waals surface area contributed by atoms with E-state index in [-0.39, 0.29) is 24.4 Å². The van der Waals surface area contributed by atoms with Crippen molar-refractivity contribution in [2.45, 2.75) is 32.9 Å². The van der Waals surface area contributed by atoms with Crippen LogP contribution < -0.4 is 0 Å². The van der Waals surface area contributed by atoms with Crippen LogP contribution in [0.25, 0.3) is 0 Å². The van der Waals surface area contributed by atoms with E-state index in [9.17, 15) is 9.18 Å². The van der Waals surface area contributed by atoms with Crippen molar-refractivity contribution >= 4 is 5.91 Å². The zero-order chi connectivity index (χ0) is 21.1. The highest BCUT2D eigenvalue weighted by molar-refractivity contribution is 5.76. The summed E-state index contributed by atoms with van der Waals surface area (Å²) in [6.45, 7) is 5.22. The lowest BCUT2D eigenvalue weighted by Crippen LogP contribution is -2.44. The fourth-order valence-corrected chi connectivity index (χ4v) is 3.59. The van der Waals surface area contributed by atoms with Crippen LogP contribution in [0.2, 0.25) is 0 Å². The van der Waals surface area contributed by atoms with Crippen LogP contribution in [0.4, 0.5) is 4.39 Å². The van der Waals surface area contributed by atoms with E-state index in [4.69, 9.17) is 4.74 Å². The number of benzene rings is 1. The molecule has 1 aliphatic rings. The van der Waals surface area contributed by atoms with Crippen molar-refractivity contribution in [3.8, 4) is 0 Å². The third kappa shape index (κ3) is 4.54. The van der Waals surface area contributed by atoms with Crippen LogP contribution in [0, 0.1) is 19.7 Å². The van der Waals surface area contributed by atoms with Crippen LogP contribution in [0.1, 0.15) is 34.6 Å². The zero-order valence-corrected chi connectivity index (χ0v) is 17.1. The summed E-state index contributed by atoms with van der Waals surface area (Å²) in [5.74, 6) is 1.13. The molecule has 1 aliphatic heterocycles. The Hall–Kier alpha value is -3.13. The first-order valence-electron chi connectivity index (χ1n) is 9.95. The Labute approximate surface area is 174 Å². The molecule has 7 nitrogen and oxygen atoms in total. The summed E-state index contributed by atoms with van der Waals surface area (Å²) >= 11 is 0. The standard InChI is InChI=1S/C22H24FN5O2/c1-15-25-16(2)28(26-15)14-22(29)27-9-10-30-21(13-27)20-8-7-17(12-24-20)11-18-5-3-4-6-19(18)23/h3-8,12,21H,9-11,13-14H2,1-2H3/t21-/m0/s1. The van der Waals surface area contributed by atoms with Gasteiger partial charge in [0.15, 0.2) is 0 Å². The lowest BCUT2D eigenvalue weighted by Gasteiger charge is -2.32. The summed E-state index contributed by atoms with van der Waals surface area (Å²) in [6.07, 6.45) is 1.93. The van der Waals surface area contributed by atoms with Crippen molar-refractivity contribution in [3.63, 3.8) is 0 Å². The quantitative estimate of drug-likeness (QED) is 0.648. The van der Waals surface area contributed by atoms with E-state index in [0.717, 1.165) is 17.1 Å². The highest BCUT2D eigenvalue weighted by Gasteiger charge is 2.26. The minimum absolute atomic E-state index is 0.0209. The molecule has 30 heavy (non-hydrogen) atoms. The number of carbonyl (C=O) groups is 1. The molecule has 1 aromatic carbocycles. The van der Waals surface area contributed by atoms with E-state index in [2.05, 4.69) is 15.1 Å². The van der Waals surface area contributed by atoms with Crippen LogP contribution >= 0.6 is 0 Å². The van der Waals surface area contributed by atoms with Crippen molar-refractivity contribution in [1.82, 2.24) is 24.6 Å². The van der Waals surface area contributed by atoms with E-state index in [1.54, 1.807) is 34.8 Å². The second-order valence-corrected chi connectivity index (χ2v) is 7.42. The molecule has 4 rings (SSSR count). The number of nitrogens with zero attached hydrogens (tertiary/aromatic N) is 5. The number of ether oxygens (including phenoxy) is 1.